The molecule has 3 aliphatic rings. The van der Waals surface area contributed by atoms with Crippen LogP contribution in [0.4, 0.5) is 0 Å². The molecule has 0 unspecified atom stereocenters. The molecule has 1 aromatic rings. The second-order valence-corrected chi connectivity index (χ2v) is 11.4. The molecule has 0 spiro atoms. The molecule has 2 amide bonds. The highest BCUT2D eigenvalue weighted by molar-refractivity contribution is 7.91. The smallest absolute Gasteiger partial charge is 0.227 e. The predicted molar refractivity (Wildman–Crippen MR) is 119 cm³/mol. The zero-order valence-electron chi connectivity index (χ0n) is 18.0. The first-order valence-corrected chi connectivity index (χ1v) is 13.3. The van der Waals surface area contributed by atoms with Crippen LogP contribution in [0.2, 0.25) is 0 Å². The Balaban J connectivity index is 1.36. The van der Waals surface area contributed by atoms with Gasteiger partial charge in [-0.05, 0) is 44.3 Å². The van der Waals surface area contributed by atoms with E-state index in [4.69, 9.17) is 0 Å². The molecular weight excluding hydrogens is 414 g/mol. The molecule has 3 aliphatic heterocycles. The van der Waals surface area contributed by atoms with Crippen molar-refractivity contribution in [3.8, 4) is 0 Å². The maximum Gasteiger partial charge on any atom is 0.227 e. The van der Waals surface area contributed by atoms with Gasteiger partial charge in [0.05, 0.1) is 29.9 Å². The van der Waals surface area contributed by atoms with Crippen LogP contribution in [0.25, 0.3) is 0 Å². The summed E-state index contributed by atoms with van der Waals surface area (Å²) in [6.07, 6.45) is 5.21. The molecule has 31 heavy (non-hydrogen) atoms. The molecule has 1 N–H and O–H groups in total. The Kier molecular flexibility index (Phi) is 6.96. The van der Waals surface area contributed by atoms with Crippen LogP contribution >= 0.6 is 0 Å². The van der Waals surface area contributed by atoms with Crippen molar-refractivity contribution in [1.82, 2.24) is 15.1 Å². The van der Waals surface area contributed by atoms with Crippen molar-refractivity contribution in [2.24, 2.45) is 5.92 Å². The lowest BCUT2D eigenvalue weighted by Crippen LogP contribution is -2.55. The molecule has 0 aliphatic carbocycles. The minimum atomic E-state index is -3.15. The molecule has 0 bridgehead atoms. The van der Waals surface area contributed by atoms with E-state index in [2.05, 4.69) is 10.2 Å². The largest absolute Gasteiger partial charge is 0.350 e. The molecule has 3 fully saturated rings. The van der Waals surface area contributed by atoms with E-state index in [0.717, 1.165) is 44.3 Å². The fourth-order valence-corrected chi connectivity index (χ4v) is 7.13. The zero-order chi connectivity index (χ0) is 21.8. The lowest BCUT2D eigenvalue weighted by atomic mass is 9.95. The van der Waals surface area contributed by atoms with Crippen molar-refractivity contribution >= 4 is 21.7 Å². The van der Waals surface area contributed by atoms with Gasteiger partial charge in [-0.15, -0.1) is 0 Å². The van der Waals surface area contributed by atoms with Gasteiger partial charge in [0, 0.05) is 19.1 Å². The van der Waals surface area contributed by atoms with Crippen LogP contribution < -0.4 is 5.32 Å². The number of rotatable bonds is 5. The van der Waals surface area contributed by atoms with Gasteiger partial charge in [-0.3, -0.25) is 14.5 Å². The van der Waals surface area contributed by atoms with E-state index in [1.165, 1.54) is 6.42 Å². The van der Waals surface area contributed by atoms with Gasteiger partial charge in [-0.25, -0.2) is 8.42 Å². The summed E-state index contributed by atoms with van der Waals surface area (Å²) in [7, 11) is -3.15. The molecule has 8 heteroatoms. The minimum Gasteiger partial charge on any atom is -0.350 e. The Morgan fingerprint density at radius 3 is 2.45 bits per heavy atom. The first-order valence-electron chi connectivity index (χ1n) is 11.5. The Hall–Kier alpha value is -1.93. The maximum atomic E-state index is 13.1. The standard InChI is InChI=1S/C23H33N3O4S/c27-22(14-18-8-3-1-4-9-18)26-13-7-10-19(15-26)23(28)24-20-16-31(29,30)17-21(20)25-11-5-2-6-12-25/h1,3-4,8-9,19-21H,2,5-7,10-17H2,(H,24,28)/t19-,20-,21-/m1/s1. The van der Waals surface area contributed by atoms with Crippen molar-refractivity contribution in [2.75, 3.05) is 37.7 Å². The maximum absolute atomic E-state index is 13.1. The highest BCUT2D eigenvalue weighted by Crippen LogP contribution is 2.24. The quantitative estimate of drug-likeness (QED) is 0.734. The average molecular weight is 448 g/mol. The van der Waals surface area contributed by atoms with Gasteiger partial charge >= 0.3 is 0 Å². The van der Waals surface area contributed by atoms with Crippen LogP contribution in [-0.2, 0) is 25.8 Å². The molecule has 3 atom stereocenters. The van der Waals surface area contributed by atoms with Gasteiger partial charge in [-0.1, -0.05) is 36.8 Å². The number of piperidine rings is 2. The topological polar surface area (TPSA) is 86.8 Å². The number of likely N-dealkylation sites (tertiary alicyclic amines) is 2. The summed E-state index contributed by atoms with van der Waals surface area (Å²) in [5.41, 5.74) is 0.972. The number of sulfone groups is 1. The first-order chi connectivity index (χ1) is 14.9. The van der Waals surface area contributed by atoms with Crippen LogP contribution in [0.1, 0.15) is 37.7 Å². The molecule has 7 nitrogen and oxygen atoms in total. The molecule has 1 aromatic carbocycles. The van der Waals surface area contributed by atoms with E-state index < -0.39 is 9.84 Å². The summed E-state index contributed by atoms with van der Waals surface area (Å²) in [6.45, 7) is 2.88. The summed E-state index contributed by atoms with van der Waals surface area (Å²) in [5.74, 6) is -0.202. The number of carbonyl (C=O) groups excluding carboxylic acids is 2. The third-order valence-corrected chi connectivity index (χ3v) is 8.57. The number of amides is 2. The molecule has 3 saturated heterocycles. The molecule has 0 radical (unpaired) electrons. The zero-order valence-corrected chi connectivity index (χ0v) is 18.9. The van der Waals surface area contributed by atoms with E-state index >= 15 is 0 Å². The highest BCUT2D eigenvalue weighted by atomic mass is 32.2. The Bertz CT molecular complexity index is 883. The molecule has 170 valence electrons. The number of benzene rings is 1. The van der Waals surface area contributed by atoms with Crippen molar-refractivity contribution < 1.29 is 18.0 Å². The Labute approximate surface area is 185 Å². The predicted octanol–water partition coefficient (Wildman–Crippen LogP) is 1.24. The van der Waals surface area contributed by atoms with Gasteiger partial charge in [0.2, 0.25) is 11.8 Å². The van der Waals surface area contributed by atoms with Gasteiger partial charge in [0.25, 0.3) is 0 Å². The van der Waals surface area contributed by atoms with Crippen LogP contribution in [-0.4, -0.2) is 79.8 Å². The second-order valence-electron chi connectivity index (χ2n) is 9.20. The van der Waals surface area contributed by atoms with E-state index in [0.29, 0.717) is 19.5 Å². The SMILES string of the molecule is O=C(N[C@@H]1CS(=O)(=O)C[C@H]1N1CCCCC1)[C@@H]1CCCN(C(=O)Cc2ccccc2)C1. The fourth-order valence-electron chi connectivity index (χ4n) is 5.18. The van der Waals surface area contributed by atoms with E-state index in [1.54, 1.807) is 4.90 Å². The highest BCUT2D eigenvalue weighted by Gasteiger charge is 2.42. The van der Waals surface area contributed by atoms with Crippen molar-refractivity contribution in [3.63, 3.8) is 0 Å². The van der Waals surface area contributed by atoms with Crippen LogP contribution in [0.3, 0.4) is 0 Å². The van der Waals surface area contributed by atoms with Crippen LogP contribution in [0.15, 0.2) is 30.3 Å². The van der Waals surface area contributed by atoms with Gasteiger partial charge in [0.15, 0.2) is 9.84 Å². The summed E-state index contributed by atoms with van der Waals surface area (Å²) in [4.78, 5) is 29.8. The van der Waals surface area contributed by atoms with Gasteiger partial charge in [0.1, 0.15) is 0 Å². The molecule has 0 saturated carbocycles. The van der Waals surface area contributed by atoms with E-state index in [-0.39, 0.29) is 41.3 Å². The average Bonchev–Trinajstić information content (AvgIpc) is 3.09. The molecule has 4 rings (SSSR count). The number of carbonyl (C=O) groups is 2. The first kappa shape index (κ1) is 22.3. The summed E-state index contributed by atoms with van der Waals surface area (Å²) in [5, 5.41) is 3.06. The third-order valence-electron chi connectivity index (χ3n) is 6.85. The Morgan fingerprint density at radius 1 is 0.968 bits per heavy atom. The number of hydrogen-bond acceptors (Lipinski definition) is 5. The van der Waals surface area contributed by atoms with Gasteiger partial charge < -0.3 is 10.2 Å². The van der Waals surface area contributed by atoms with Crippen molar-refractivity contribution in [2.45, 2.75) is 50.6 Å². The second kappa shape index (κ2) is 9.69. The molecule has 0 aromatic heterocycles. The number of hydrogen-bond donors (Lipinski definition) is 1. The number of nitrogens with zero attached hydrogens (tertiary/aromatic N) is 2. The lowest BCUT2D eigenvalue weighted by molar-refractivity contribution is -0.135. The van der Waals surface area contributed by atoms with E-state index in [9.17, 15) is 18.0 Å². The van der Waals surface area contributed by atoms with Gasteiger partial charge in [-0.2, -0.15) is 0 Å². The van der Waals surface area contributed by atoms with Crippen LogP contribution in [0, 0.1) is 5.92 Å². The van der Waals surface area contributed by atoms with Crippen LogP contribution in [0.5, 0.6) is 0 Å². The van der Waals surface area contributed by atoms with E-state index in [1.807, 2.05) is 30.3 Å². The number of nitrogens with one attached hydrogen (secondary N) is 1. The molecular formula is C23H33N3O4S. The summed E-state index contributed by atoms with van der Waals surface area (Å²) in [6, 6.07) is 9.16. The third kappa shape index (κ3) is 5.66. The summed E-state index contributed by atoms with van der Waals surface area (Å²) < 4.78 is 24.7. The Morgan fingerprint density at radius 2 is 1.71 bits per heavy atom. The fraction of sp³-hybridized carbons (Fsp3) is 0.652. The lowest BCUT2D eigenvalue weighted by Gasteiger charge is -2.36. The minimum absolute atomic E-state index is 0.0171. The van der Waals surface area contributed by atoms with Crippen molar-refractivity contribution in [1.29, 1.82) is 0 Å². The van der Waals surface area contributed by atoms with Crippen molar-refractivity contribution in [3.05, 3.63) is 35.9 Å². The molecule has 3 heterocycles. The monoisotopic (exact) mass is 447 g/mol. The summed E-state index contributed by atoms with van der Waals surface area (Å²) >= 11 is 0. The normalized spacial score (nSPS) is 28.9.